The lowest BCUT2D eigenvalue weighted by molar-refractivity contribution is 0.0697. The minimum atomic E-state index is -3.14. The molecule has 1 aromatic heterocycles. The number of carboxylic acids is 1. The van der Waals surface area contributed by atoms with Crippen molar-refractivity contribution in [3.05, 3.63) is 35.5 Å². The number of likely N-dealkylation sites (tertiary alicyclic amines) is 1. The van der Waals surface area contributed by atoms with Gasteiger partial charge in [-0.1, -0.05) is 18.2 Å². The summed E-state index contributed by atoms with van der Waals surface area (Å²) >= 11 is 0. The number of benzene rings is 1. The van der Waals surface area contributed by atoms with Crippen LogP contribution in [0, 0.1) is 5.92 Å². The summed E-state index contributed by atoms with van der Waals surface area (Å²) < 4.78 is 26.4. The first kappa shape index (κ1) is 20.8. The summed E-state index contributed by atoms with van der Waals surface area (Å²) in [6.45, 7) is 3.05. The topological polar surface area (TPSA) is 82.8 Å². The van der Waals surface area contributed by atoms with Crippen molar-refractivity contribution in [1.82, 2.24) is 13.8 Å². The predicted octanol–water partition coefficient (Wildman–Crippen LogP) is 2.02. The molecular formula is C20H29N3O4S. The molecule has 1 aliphatic rings. The summed E-state index contributed by atoms with van der Waals surface area (Å²) in [5.41, 5.74) is 2.27. The van der Waals surface area contributed by atoms with Gasteiger partial charge in [0.05, 0.1) is 11.8 Å². The van der Waals surface area contributed by atoms with E-state index in [1.54, 1.807) is 7.05 Å². The largest absolute Gasteiger partial charge is 0.478 e. The third kappa shape index (κ3) is 4.39. The zero-order valence-corrected chi connectivity index (χ0v) is 17.6. The van der Waals surface area contributed by atoms with Gasteiger partial charge in [0.2, 0.25) is 10.0 Å². The number of para-hydroxylation sites is 1. The fourth-order valence-electron chi connectivity index (χ4n) is 4.06. The summed E-state index contributed by atoms with van der Waals surface area (Å²) in [7, 11) is 0.414. The second-order valence-electron chi connectivity index (χ2n) is 7.78. The molecule has 1 aromatic carbocycles. The number of carbonyl (C=O) groups is 1. The number of fused-ring (bicyclic) bond motifs is 1. The summed E-state index contributed by atoms with van der Waals surface area (Å²) in [5, 5.41) is 10.6. The molecule has 7 nitrogen and oxygen atoms in total. The molecule has 0 radical (unpaired) electrons. The summed E-state index contributed by atoms with van der Waals surface area (Å²) in [4.78, 5) is 14.2. The van der Waals surface area contributed by atoms with Gasteiger partial charge in [0.25, 0.3) is 0 Å². The number of hydrogen-bond donors (Lipinski definition) is 1. The third-order valence-corrected chi connectivity index (χ3v) is 7.24. The highest BCUT2D eigenvalue weighted by atomic mass is 32.2. The van der Waals surface area contributed by atoms with Crippen molar-refractivity contribution in [2.24, 2.45) is 13.0 Å². The zero-order valence-electron chi connectivity index (χ0n) is 16.8. The van der Waals surface area contributed by atoms with E-state index in [4.69, 9.17) is 0 Å². The molecule has 0 amide bonds. The molecule has 28 heavy (non-hydrogen) atoms. The Labute approximate surface area is 166 Å². The molecule has 0 bridgehead atoms. The second-order valence-corrected chi connectivity index (χ2v) is 9.87. The number of piperidine rings is 1. The van der Waals surface area contributed by atoms with Crippen LogP contribution in [-0.2, 0) is 23.5 Å². The minimum absolute atomic E-state index is 0.426. The molecule has 2 aromatic rings. The van der Waals surface area contributed by atoms with Crippen LogP contribution >= 0.6 is 0 Å². The van der Waals surface area contributed by atoms with E-state index in [1.807, 2.05) is 35.9 Å². The standard InChI is InChI=1S/C20H29N3O4S/c1-21(28(3,26)27)12-13-23-10-8-15(9-11-23)14-18-19(20(24)25)16-6-4-5-7-17(16)22(18)2/h4-7,15H,8-14H2,1-3H3,(H,24,25). The van der Waals surface area contributed by atoms with E-state index in [2.05, 4.69) is 4.90 Å². The number of aromatic nitrogens is 1. The van der Waals surface area contributed by atoms with E-state index in [9.17, 15) is 18.3 Å². The number of rotatable bonds is 7. The van der Waals surface area contributed by atoms with Crippen LogP contribution in [0.1, 0.15) is 28.9 Å². The molecular weight excluding hydrogens is 378 g/mol. The average Bonchev–Trinajstić information content (AvgIpc) is 2.92. The monoisotopic (exact) mass is 407 g/mol. The SMILES string of the molecule is CN(CCN1CCC(Cc2c(C(=O)O)c3ccccc3n2C)CC1)S(C)(=O)=O. The molecule has 0 aliphatic carbocycles. The Bertz CT molecular complexity index is 959. The van der Waals surface area contributed by atoms with Gasteiger partial charge >= 0.3 is 5.97 Å². The van der Waals surface area contributed by atoms with Crippen LogP contribution in [0.4, 0.5) is 0 Å². The van der Waals surface area contributed by atoms with Gasteiger partial charge in [-0.25, -0.2) is 17.5 Å². The number of aromatic carboxylic acids is 1. The molecule has 1 aliphatic heterocycles. The second kappa shape index (κ2) is 8.23. The fourth-order valence-corrected chi connectivity index (χ4v) is 4.47. The number of likely N-dealkylation sites (N-methyl/N-ethyl adjacent to an activating group) is 1. The summed E-state index contributed by atoms with van der Waals surface area (Å²) in [5.74, 6) is -0.432. The molecule has 2 heterocycles. The number of sulfonamides is 1. The number of nitrogens with zero attached hydrogens (tertiary/aromatic N) is 3. The van der Waals surface area contributed by atoms with Gasteiger partial charge in [-0.05, 0) is 44.3 Å². The van der Waals surface area contributed by atoms with E-state index in [0.717, 1.165) is 55.5 Å². The number of carboxylic acid groups (broad SMARTS) is 1. The third-order valence-electron chi connectivity index (χ3n) is 5.93. The van der Waals surface area contributed by atoms with Crippen molar-refractivity contribution >= 4 is 26.9 Å². The number of hydrogen-bond acceptors (Lipinski definition) is 4. The maximum absolute atomic E-state index is 11.9. The van der Waals surface area contributed by atoms with Gasteiger partial charge in [-0.3, -0.25) is 0 Å². The number of aryl methyl sites for hydroxylation is 1. The van der Waals surface area contributed by atoms with Gasteiger partial charge in [0.15, 0.2) is 0 Å². The Kier molecular flexibility index (Phi) is 6.12. The molecule has 1 fully saturated rings. The van der Waals surface area contributed by atoms with Crippen LogP contribution in [-0.4, -0.2) is 72.7 Å². The lowest BCUT2D eigenvalue weighted by Gasteiger charge is -2.33. The Balaban J connectivity index is 1.65. The van der Waals surface area contributed by atoms with Crippen LogP contribution < -0.4 is 0 Å². The predicted molar refractivity (Wildman–Crippen MR) is 110 cm³/mol. The van der Waals surface area contributed by atoms with Crippen LogP contribution in [0.5, 0.6) is 0 Å². The quantitative estimate of drug-likeness (QED) is 0.759. The molecule has 3 rings (SSSR count). The van der Waals surface area contributed by atoms with Gasteiger partial charge in [0, 0.05) is 43.8 Å². The van der Waals surface area contributed by atoms with Gasteiger partial charge in [0.1, 0.15) is 0 Å². The highest BCUT2D eigenvalue weighted by Gasteiger charge is 2.26. The van der Waals surface area contributed by atoms with Gasteiger partial charge < -0.3 is 14.6 Å². The molecule has 1 N–H and O–H groups in total. The smallest absolute Gasteiger partial charge is 0.338 e. The van der Waals surface area contributed by atoms with Crippen molar-refractivity contribution in [2.45, 2.75) is 19.3 Å². The normalized spacial score (nSPS) is 16.9. The first-order chi connectivity index (χ1) is 13.2. The lowest BCUT2D eigenvalue weighted by atomic mass is 9.90. The van der Waals surface area contributed by atoms with Gasteiger partial charge in [-0.2, -0.15) is 0 Å². The maximum Gasteiger partial charge on any atom is 0.338 e. The van der Waals surface area contributed by atoms with Crippen LogP contribution in [0.15, 0.2) is 24.3 Å². The maximum atomic E-state index is 11.9. The van der Waals surface area contributed by atoms with Crippen LogP contribution in [0.25, 0.3) is 10.9 Å². The lowest BCUT2D eigenvalue weighted by Crippen LogP contribution is -2.40. The molecule has 8 heteroatoms. The Morgan fingerprint density at radius 1 is 1.25 bits per heavy atom. The molecule has 154 valence electrons. The van der Waals surface area contributed by atoms with E-state index >= 15 is 0 Å². The highest BCUT2D eigenvalue weighted by Crippen LogP contribution is 2.30. The first-order valence-corrected chi connectivity index (χ1v) is 11.5. The van der Waals surface area contributed by atoms with E-state index < -0.39 is 16.0 Å². The summed E-state index contributed by atoms with van der Waals surface area (Å²) in [6, 6.07) is 7.66. The molecule has 0 atom stereocenters. The molecule has 0 unspecified atom stereocenters. The molecule has 0 spiro atoms. The van der Waals surface area contributed by atoms with Crippen molar-refractivity contribution in [3.63, 3.8) is 0 Å². The van der Waals surface area contributed by atoms with Crippen LogP contribution in [0.2, 0.25) is 0 Å². The Hall–Kier alpha value is -1.90. The Morgan fingerprint density at radius 2 is 1.89 bits per heavy atom. The van der Waals surface area contributed by atoms with E-state index in [1.165, 1.54) is 10.6 Å². The van der Waals surface area contributed by atoms with Gasteiger partial charge in [-0.15, -0.1) is 0 Å². The van der Waals surface area contributed by atoms with Crippen molar-refractivity contribution in [2.75, 3.05) is 39.5 Å². The fraction of sp³-hybridized carbons (Fsp3) is 0.550. The van der Waals surface area contributed by atoms with Crippen molar-refractivity contribution in [1.29, 1.82) is 0 Å². The average molecular weight is 408 g/mol. The first-order valence-electron chi connectivity index (χ1n) is 9.61. The van der Waals surface area contributed by atoms with Crippen LogP contribution in [0.3, 0.4) is 0 Å². The summed E-state index contributed by atoms with van der Waals surface area (Å²) in [6.07, 6.45) is 3.96. The highest BCUT2D eigenvalue weighted by molar-refractivity contribution is 7.88. The zero-order chi connectivity index (χ0) is 20.5. The molecule has 0 saturated carbocycles. The minimum Gasteiger partial charge on any atom is -0.478 e. The van der Waals surface area contributed by atoms with E-state index in [-0.39, 0.29) is 0 Å². The van der Waals surface area contributed by atoms with E-state index in [0.29, 0.717) is 18.0 Å². The Morgan fingerprint density at radius 3 is 2.50 bits per heavy atom. The van der Waals surface area contributed by atoms with Crippen molar-refractivity contribution < 1.29 is 18.3 Å². The van der Waals surface area contributed by atoms with Crippen molar-refractivity contribution in [3.8, 4) is 0 Å². The molecule has 1 saturated heterocycles.